The van der Waals surface area contributed by atoms with E-state index in [1.54, 1.807) is 30.3 Å². The van der Waals surface area contributed by atoms with E-state index in [-0.39, 0.29) is 11.7 Å². The standard InChI is InChI=1S/C20H16N4O2S/c1-12(25)13-7-9-14(10-8-13)21-20-23-19(26)17(27-20)11-18-22-15-5-3-4-6-16(15)24(18)2/h3-11H,1-2H3,(H,21,23,26)/b17-11+. The van der Waals surface area contributed by atoms with Crippen molar-refractivity contribution in [3.05, 3.63) is 64.8 Å². The Morgan fingerprint density at radius 2 is 1.93 bits per heavy atom. The van der Waals surface area contributed by atoms with E-state index in [4.69, 9.17) is 0 Å². The van der Waals surface area contributed by atoms with E-state index in [0.717, 1.165) is 11.0 Å². The number of carbonyl (C=O) groups excluding carboxylic acids is 2. The lowest BCUT2D eigenvalue weighted by molar-refractivity contribution is -0.115. The third kappa shape index (κ3) is 3.41. The molecular formula is C20H16N4O2S. The highest BCUT2D eigenvalue weighted by molar-refractivity contribution is 8.18. The summed E-state index contributed by atoms with van der Waals surface area (Å²) in [5.41, 5.74) is 3.19. The summed E-state index contributed by atoms with van der Waals surface area (Å²) in [5.74, 6) is 0.512. The lowest BCUT2D eigenvalue weighted by Gasteiger charge is -1.98. The number of hydrogen-bond acceptors (Lipinski definition) is 5. The monoisotopic (exact) mass is 376 g/mol. The first-order chi connectivity index (χ1) is 13.0. The van der Waals surface area contributed by atoms with Gasteiger partial charge in [0.25, 0.3) is 5.91 Å². The number of hydrogen-bond donors (Lipinski definition) is 1. The number of ketones is 1. The Bertz CT molecular complexity index is 1130. The molecule has 0 unspecified atom stereocenters. The Balaban J connectivity index is 1.60. The molecule has 3 aromatic rings. The van der Waals surface area contributed by atoms with Gasteiger partial charge in [0.15, 0.2) is 11.0 Å². The summed E-state index contributed by atoms with van der Waals surface area (Å²) in [7, 11) is 1.92. The Kier molecular flexibility index (Phi) is 4.37. The second kappa shape index (κ2) is 6.85. The number of carbonyl (C=O) groups is 2. The summed E-state index contributed by atoms with van der Waals surface area (Å²) < 4.78 is 1.95. The van der Waals surface area contributed by atoms with Crippen molar-refractivity contribution in [3.8, 4) is 0 Å². The summed E-state index contributed by atoms with van der Waals surface area (Å²) in [6, 6.07) is 14.8. The van der Waals surface area contributed by atoms with Gasteiger partial charge in [-0.2, -0.15) is 0 Å². The molecule has 1 saturated heterocycles. The first kappa shape index (κ1) is 17.2. The molecule has 7 heteroatoms. The van der Waals surface area contributed by atoms with E-state index in [0.29, 0.717) is 27.1 Å². The highest BCUT2D eigenvalue weighted by Gasteiger charge is 2.24. The van der Waals surface area contributed by atoms with E-state index in [1.807, 2.05) is 35.9 Å². The van der Waals surface area contributed by atoms with Crippen molar-refractivity contribution >= 4 is 51.4 Å². The van der Waals surface area contributed by atoms with Crippen LogP contribution in [0.5, 0.6) is 0 Å². The topological polar surface area (TPSA) is 76.3 Å². The highest BCUT2D eigenvalue weighted by Crippen LogP contribution is 2.28. The van der Waals surface area contributed by atoms with Crippen LogP contribution in [0.1, 0.15) is 23.1 Å². The van der Waals surface area contributed by atoms with Crippen LogP contribution in [0.3, 0.4) is 0 Å². The van der Waals surface area contributed by atoms with Crippen LogP contribution in [0.25, 0.3) is 17.1 Å². The van der Waals surface area contributed by atoms with Crippen molar-refractivity contribution in [1.82, 2.24) is 14.9 Å². The number of amidine groups is 1. The minimum atomic E-state index is -0.203. The van der Waals surface area contributed by atoms with Crippen molar-refractivity contribution in [2.45, 2.75) is 6.92 Å². The van der Waals surface area contributed by atoms with Gasteiger partial charge in [-0.05, 0) is 55.1 Å². The van der Waals surface area contributed by atoms with Crippen molar-refractivity contribution in [3.63, 3.8) is 0 Å². The van der Waals surface area contributed by atoms with Crippen LogP contribution in [0.2, 0.25) is 0 Å². The second-order valence-corrected chi connectivity index (χ2v) is 7.13. The number of aliphatic imine (C=N–C) groups is 1. The quantitative estimate of drug-likeness (QED) is 0.559. The molecular weight excluding hydrogens is 360 g/mol. The largest absolute Gasteiger partial charge is 0.328 e. The Hall–Kier alpha value is -3.19. The SMILES string of the molecule is CC(=O)c1ccc(N=C2NC(=O)/C(=C\c3nc4ccccc4n3C)S2)cc1. The van der Waals surface area contributed by atoms with E-state index < -0.39 is 0 Å². The molecule has 0 radical (unpaired) electrons. The van der Waals surface area contributed by atoms with Crippen LogP contribution in [0.4, 0.5) is 5.69 Å². The Morgan fingerprint density at radius 1 is 1.19 bits per heavy atom. The highest BCUT2D eigenvalue weighted by atomic mass is 32.2. The van der Waals surface area contributed by atoms with E-state index >= 15 is 0 Å². The number of imidazole rings is 1. The van der Waals surface area contributed by atoms with E-state index in [9.17, 15) is 9.59 Å². The number of fused-ring (bicyclic) bond motifs is 1. The number of amides is 1. The van der Waals surface area contributed by atoms with Gasteiger partial charge >= 0.3 is 0 Å². The van der Waals surface area contributed by atoms with E-state index in [2.05, 4.69) is 15.3 Å². The molecule has 0 saturated carbocycles. The van der Waals surface area contributed by atoms with Crippen LogP contribution in [-0.2, 0) is 11.8 Å². The molecule has 0 aliphatic carbocycles. The maximum Gasteiger partial charge on any atom is 0.264 e. The summed E-state index contributed by atoms with van der Waals surface area (Å²) >= 11 is 1.27. The molecule has 27 heavy (non-hydrogen) atoms. The van der Waals surface area contributed by atoms with Crippen LogP contribution in [0.15, 0.2) is 58.4 Å². The molecule has 1 aliphatic heterocycles. The number of thioether (sulfide) groups is 1. The number of aromatic nitrogens is 2. The molecule has 4 rings (SSSR count). The summed E-state index contributed by atoms with van der Waals surface area (Å²) in [4.78, 5) is 33.2. The number of para-hydroxylation sites is 2. The first-order valence-electron chi connectivity index (χ1n) is 8.33. The Morgan fingerprint density at radius 3 is 2.63 bits per heavy atom. The minimum absolute atomic E-state index is 0.00502. The predicted molar refractivity (Wildman–Crippen MR) is 108 cm³/mol. The molecule has 1 N–H and O–H groups in total. The van der Waals surface area contributed by atoms with Gasteiger partial charge < -0.3 is 9.88 Å². The van der Waals surface area contributed by atoms with Gasteiger partial charge in [0, 0.05) is 18.7 Å². The molecule has 1 fully saturated rings. The predicted octanol–water partition coefficient (Wildman–Crippen LogP) is 3.67. The fourth-order valence-electron chi connectivity index (χ4n) is 2.78. The molecule has 2 aromatic carbocycles. The number of nitrogens with one attached hydrogen (secondary N) is 1. The second-order valence-electron chi connectivity index (χ2n) is 6.10. The molecule has 134 valence electrons. The van der Waals surface area contributed by atoms with Crippen LogP contribution >= 0.6 is 11.8 Å². The van der Waals surface area contributed by atoms with Gasteiger partial charge in [0.2, 0.25) is 0 Å². The average molecular weight is 376 g/mol. The van der Waals surface area contributed by atoms with Gasteiger partial charge in [-0.25, -0.2) is 9.98 Å². The van der Waals surface area contributed by atoms with Crippen LogP contribution in [-0.4, -0.2) is 26.4 Å². The fraction of sp³-hybridized carbons (Fsp3) is 0.100. The van der Waals surface area contributed by atoms with Crippen molar-refractivity contribution in [2.24, 2.45) is 12.0 Å². The zero-order valence-electron chi connectivity index (χ0n) is 14.8. The Labute approximate surface area is 160 Å². The summed E-state index contributed by atoms with van der Waals surface area (Å²) in [6.45, 7) is 1.52. The molecule has 6 nitrogen and oxygen atoms in total. The zero-order valence-corrected chi connectivity index (χ0v) is 15.6. The third-order valence-corrected chi connectivity index (χ3v) is 5.15. The molecule has 0 atom stereocenters. The van der Waals surface area contributed by atoms with Crippen molar-refractivity contribution in [1.29, 1.82) is 0 Å². The average Bonchev–Trinajstić information content (AvgIpc) is 3.16. The molecule has 0 bridgehead atoms. The van der Waals surface area contributed by atoms with Crippen molar-refractivity contribution < 1.29 is 9.59 Å². The normalized spacial score (nSPS) is 17.0. The minimum Gasteiger partial charge on any atom is -0.328 e. The molecule has 1 amide bonds. The number of rotatable bonds is 3. The number of nitrogens with zero attached hydrogens (tertiary/aromatic N) is 3. The third-order valence-electron chi connectivity index (χ3n) is 4.24. The summed E-state index contributed by atoms with van der Waals surface area (Å²) in [6.07, 6.45) is 1.77. The maximum absolute atomic E-state index is 12.3. The molecule has 0 spiro atoms. The smallest absolute Gasteiger partial charge is 0.264 e. The van der Waals surface area contributed by atoms with Gasteiger partial charge in [0.1, 0.15) is 5.82 Å². The van der Waals surface area contributed by atoms with Gasteiger partial charge in [0.05, 0.1) is 21.6 Å². The van der Waals surface area contributed by atoms with Crippen LogP contribution < -0.4 is 5.32 Å². The first-order valence-corrected chi connectivity index (χ1v) is 9.15. The number of aryl methyl sites for hydroxylation is 1. The van der Waals surface area contributed by atoms with Crippen molar-refractivity contribution in [2.75, 3.05) is 0 Å². The fourth-order valence-corrected chi connectivity index (χ4v) is 3.59. The van der Waals surface area contributed by atoms with Gasteiger partial charge in [-0.1, -0.05) is 12.1 Å². The molecule has 1 aliphatic rings. The summed E-state index contributed by atoms with van der Waals surface area (Å²) in [5, 5.41) is 3.27. The molecule has 1 aromatic heterocycles. The lowest BCUT2D eigenvalue weighted by atomic mass is 10.1. The van der Waals surface area contributed by atoms with E-state index in [1.165, 1.54) is 18.7 Å². The maximum atomic E-state index is 12.3. The van der Waals surface area contributed by atoms with Crippen LogP contribution in [0, 0.1) is 0 Å². The lowest BCUT2D eigenvalue weighted by Crippen LogP contribution is -2.19. The number of Topliss-reactive ketones (excluding diaryl/α,β-unsaturated/α-hetero) is 1. The molecule has 2 heterocycles. The van der Waals surface area contributed by atoms with Gasteiger partial charge in [-0.15, -0.1) is 0 Å². The van der Waals surface area contributed by atoms with Gasteiger partial charge in [-0.3, -0.25) is 9.59 Å². The number of benzene rings is 2. The zero-order chi connectivity index (χ0) is 19.0.